The zero-order valence-electron chi connectivity index (χ0n) is 18.0. The van der Waals surface area contributed by atoms with Gasteiger partial charge in [0.1, 0.15) is 34.8 Å². The van der Waals surface area contributed by atoms with Crippen molar-refractivity contribution in [2.75, 3.05) is 20.8 Å². The molecule has 0 aliphatic carbocycles. The van der Waals surface area contributed by atoms with E-state index >= 15 is 0 Å². The zero-order valence-corrected chi connectivity index (χ0v) is 18.8. The van der Waals surface area contributed by atoms with E-state index in [1.54, 1.807) is 19.1 Å². The number of halogens is 1. The van der Waals surface area contributed by atoms with E-state index in [0.717, 1.165) is 19.3 Å². The van der Waals surface area contributed by atoms with E-state index in [4.69, 9.17) is 25.5 Å². The lowest BCUT2D eigenvalue weighted by Crippen LogP contribution is -2.30. The smallest absolute Gasteiger partial charge is 0.295 e. The summed E-state index contributed by atoms with van der Waals surface area (Å²) in [6.45, 7) is 4.21. The molecule has 166 valence electrons. The van der Waals surface area contributed by atoms with Crippen LogP contribution in [0.2, 0.25) is 5.02 Å². The number of furan rings is 1. The molecule has 1 amide bonds. The van der Waals surface area contributed by atoms with Crippen LogP contribution in [0.25, 0.3) is 5.76 Å². The average molecular weight is 448 g/mol. The lowest BCUT2D eigenvalue weighted by molar-refractivity contribution is -0.140. The maximum absolute atomic E-state index is 13.0. The first-order valence-electron chi connectivity index (χ1n) is 10.1. The van der Waals surface area contributed by atoms with Gasteiger partial charge >= 0.3 is 0 Å². The van der Waals surface area contributed by atoms with Crippen LogP contribution in [0.1, 0.15) is 49.3 Å². The molecular weight excluding hydrogens is 422 g/mol. The molecule has 0 bridgehead atoms. The molecule has 3 rings (SSSR count). The predicted molar refractivity (Wildman–Crippen MR) is 117 cm³/mol. The molecule has 1 unspecified atom stereocenters. The molecule has 1 aliphatic rings. The topological polar surface area (TPSA) is 89.2 Å². The maximum Gasteiger partial charge on any atom is 0.295 e. The first-order valence-corrected chi connectivity index (χ1v) is 10.5. The molecular formula is C23H26ClNO6. The number of unbranched alkanes of at least 4 members (excludes halogenated alkanes) is 2. The van der Waals surface area contributed by atoms with Gasteiger partial charge in [-0.05, 0) is 31.5 Å². The second-order valence-electron chi connectivity index (χ2n) is 7.34. The van der Waals surface area contributed by atoms with Gasteiger partial charge in [0.25, 0.3) is 11.7 Å². The van der Waals surface area contributed by atoms with Crippen molar-refractivity contribution >= 4 is 29.1 Å². The van der Waals surface area contributed by atoms with Crippen LogP contribution >= 0.6 is 11.6 Å². The highest BCUT2D eigenvalue weighted by Crippen LogP contribution is 2.43. The monoisotopic (exact) mass is 447 g/mol. The number of ether oxygens (including phenoxy) is 2. The van der Waals surface area contributed by atoms with E-state index in [0.29, 0.717) is 23.8 Å². The fraction of sp³-hybridized carbons (Fsp3) is 0.391. The quantitative estimate of drug-likeness (QED) is 0.269. The molecule has 1 saturated heterocycles. The SMILES string of the molecule is CCCCCN1C(=O)C(=O)/C(=C(/O)c2cc(Cl)c(OC)cc2OC)C1c1ccc(C)o1. The molecule has 2 heterocycles. The lowest BCUT2D eigenvalue weighted by Gasteiger charge is -2.23. The van der Waals surface area contributed by atoms with Crippen LogP contribution in [-0.4, -0.2) is 42.5 Å². The molecule has 31 heavy (non-hydrogen) atoms. The first-order chi connectivity index (χ1) is 14.8. The number of carbonyl (C=O) groups excluding carboxylic acids is 2. The third-order valence-electron chi connectivity index (χ3n) is 5.30. The van der Waals surface area contributed by atoms with Crippen molar-refractivity contribution in [3.8, 4) is 11.5 Å². The van der Waals surface area contributed by atoms with Crippen LogP contribution in [0.3, 0.4) is 0 Å². The third kappa shape index (κ3) is 4.28. The van der Waals surface area contributed by atoms with Gasteiger partial charge in [0.2, 0.25) is 0 Å². The summed E-state index contributed by atoms with van der Waals surface area (Å²) in [7, 11) is 2.89. The van der Waals surface area contributed by atoms with Gasteiger partial charge in [-0.15, -0.1) is 0 Å². The number of likely N-dealkylation sites (tertiary alicyclic amines) is 1. The van der Waals surface area contributed by atoms with Gasteiger partial charge in [0, 0.05) is 12.6 Å². The summed E-state index contributed by atoms with van der Waals surface area (Å²) in [6, 6.07) is 5.59. The second-order valence-corrected chi connectivity index (χ2v) is 7.74. The van der Waals surface area contributed by atoms with Crippen LogP contribution in [-0.2, 0) is 9.59 Å². The summed E-state index contributed by atoms with van der Waals surface area (Å²) in [6.07, 6.45) is 2.61. The largest absolute Gasteiger partial charge is 0.507 e. The van der Waals surface area contributed by atoms with Crippen molar-refractivity contribution in [2.45, 2.75) is 39.2 Å². The Morgan fingerprint density at radius 3 is 2.45 bits per heavy atom. The van der Waals surface area contributed by atoms with Crippen molar-refractivity contribution in [3.05, 3.63) is 51.9 Å². The highest BCUT2D eigenvalue weighted by molar-refractivity contribution is 6.46. The van der Waals surface area contributed by atoms with Crippen LogP contribution in [0.5, 0.6) is 11.5 Å². The Bertz CT molecular complexity index is 1030. The molecule has 1 fully saturated rings. The van der Waals surface area contributed by atoms with Gasteiger partial charge < -0.3 is 23.9 Å². The minimum absolute atomic E-state index is 0.0598. The Morgan fingerprint density at radius 2 is 1.87 bits per heavy atom. The van der Waals surface area contributed by atoms with Crippen molar-refractivity contribution in [2.24, 2.45) is 0 Å². The van der Waals surface area contributed by atoms with E-state index in [2.05, 4.69) is 6.92 Å². The summed E-state index contributed by atoms with van der Waals surface area (Å²) in [5.74, 6) is -0.166. The summed E-state index contributed by atoms with van der Waals surface area (Å²) in [4.78, 5) is 27.3. The zero-order chi connectivity index (χ0) is 22.7. The Labute approximate surface area is 186 Å². The van der Waals surface area contributed by atoms with Crippen LogP contribution < -0.4 is 9.47 Å². The number of aryl methyl sites for hydroxylation is 1. The highest BCUT2D eigenvalue weighted by atomic mass is 35.5. The number of aliphatic hydroxyl groups is 1. The number of benzene rings is 1. The molecule has 1 aromatic carbocycles. The molecule has 1 aliphatic heterocycles. The molecule has 1 atom stereocenters. The molecule has 8 heteroatoms. The van der Waals surface area contributed by atoms with Gasteiger partial charge in [-0.3, -0.25) is 9.59 Å². The summed E-state index contributed by atoms with van der Waals surface area (Å²) >= 11 is 6.25. The molecule has 1 N–H and O–H groups in total. The first kappa shape index (κ1) is 22.7. The van der Waals surface area contributed by atoms with Crippen LogP contribution in [0, 0.1) is 6.92 Å². The van der Waals surface area contributed by atoms with Gasteiger partial charge in [0.05, 0.1) is 30.4 Å². The van der Waals surface area contributed by atoms with Crippen LogP contribution in [0.15, 0.2) is 34.3 Å². The molecule has 0 spiro atoms. The Balaban J connectivity index is 2.18. The number of hydrogen-bond acceptors (Lipinski definition) is 6. The van der Waals surface area contributed by atoms with Crippen molar-refractivity contribution in [1.82, 2.24) is 4.90 Å². The van der Waals surface area contributed by atoms with Gasteiger partial charge in [-0.25, -0.2) is 0 Å². The van der Waals surface area contributed by atoms with E-state index in [9.17, 15) is 14.7 Å². The predicted octanol–water partition coefficient (Wildman–Crippen LogP) is 4.87. The minimum Gasteiger partial charge on any atom is -0.507 e. The summed E-state index contributed by atoms with van der Waals surface area (Å²) < 4.78 is 16.3. The Morgan fingerprint density at radius 1 is 1.16 bits per heavy atom. The lowest BCUT2D eigenvalue weighted by atomic mass is 9.98. The van der Waals surface area contributed by atoms with E-state index in [-0.39, 0.29) is 27.7 Å². The standard InChI is InChI=1S/C23H26ClNO6/c1-5-6-7-10-25-20(16-9-8-13(2)31-16)19(22(27)23(25)28)21(26)14-11-15(24)18(30-4)12-17(14)29-3/h8-9,11-12,20,26H,5-7,10H2,1-4H3/b21-19+. The number of methoxy groups -OCH3 is 2. The van der Waals surface area contributed by atoms with Gasteiger partial charge in [-0.1, -0.05) is 31.4 Å². The number of nitrogens with zero attached hydrogens (tertiary/aromatic N) is 1. The Kier molecular flexibility index (Phi) is 6.95. The van der Waals surface area contributed by atoms with E-state index < -0.39 is 17.7 Å². The molecule has 7 nitrogen and oxygen atoms in total. The number of hydrogen-bond donors (Lipinski definition) is 1. The number of aliphatic hydroxyl groups excluding tert-OH is 1. The van der Waals surface area contributed by atoms with Crippen LogP contribution in [0.4, 0.5) is 0 Å². The number of amides is 1. The van der Waals surface area contributed by atoms with Crippen molar-refractivity contribution < 1.29 is 28.6 Å². The van der Waals surface area contributed by atoms with E-state index in [1.165, 1.54) is 31.3 Å². The average Bonchev–Trinajstić information content (AvgIpc) is 3.29. The molecule has 0 radical (unpaired) electrons. The van der Waals surface area contributed by atoms with Crippen molar-refractivity contribution in [1.29, 1.82) is 0 Å². The molecule has 0 saturated carbocycles. The second kappa shape index (κ2) is 9.47. The van der Waals surface area contributed by atoms with Gasteiger partial charge in [-0.2, -0.15) is 0 Å². The highest BCUT2D eigenvalue weighted by Gasteiger charge is 2.47. The summed E-state index contributed by atoms with van der Waals surface area (Å²) in [5.41, 5.74) is 0.128. The van der Waals surface area contributed by atoms with Crippen molar-refractivity contribution in [3.63, 3.8) is 0 Å². The number of rotatable bonds is 8. The fourth-order valence-corrected chi connectivity index (χ4v) is 3.97. The number of Topliss-reactive ketones (excluding diaryl/α,β-unsaturated/α-hetero) is 1. The minimum atomic E-state index is -0.837. The normalized spacial score (nSPS) is 18.0. The fourth-order valence-electron chi connectivity index (χ4n) is 3.73. The number of carbonyl (C=O) groups is 2. The maximum atomic E-state index is 13.0. The van der Waals surface area contributed by atoms with Gasteiger partial charge in [0.15, 0.2) is 0 Å². The molecule has 2 aromatic rings. The Hall–Kier alpha value is -2.93. The number of ketones is 1. The molecule has 1 aromatic heterocycles. The third-order valence-corrected chi connectivity index (χ3v) is 5.60. The van der Waals surface area contributed by atoms with E-state index in [1.807, 2.05) is 0 Å². The summed E-state index contributed by atoms with van der Waals surface area (Å²) in [5, 5.41) is 11.4.